The van der Waals surface area contributed by atoms with Crippen LogP contribution in [-0.2, 0) is 20.4 Å². The second-order valence-electron chi connectivity index (χ2n) is 6.07. The number of ketones is 1. The Bertz CT molecular complexity index is 1050. The maximum atomic E-state index is 12.8. The molecule has 0 aliphatic carbocycles. The Morgan fingerprint density at radius 1 is 1.26 bits per heavy atom. The van der Waals surface area contributed by atoms with Crippen LogP contribution in [0.1, 0.15) is 27.7 Å². The molecule has 3 rings (SSSR count). The first kappa shape index (κ1) is 19.5. The van der Waals surface area contributed by atoms with E-state index in [2.05, 4.69) is 0 Å². The molecule has 27 heavy (non-hydrogen) atoms. The zero-order chi connectivity index (χ0) is 20.2. The highest BCUT2D eigenvalue weighted by Crippen LogP contribution is 2.37. The molecule has 0 unspecified atom stereocenters. The number of carbonyl (C=O) groups is 2. The lowest BCUT2D eigenvalue weighted by atomic mass is 10.1. The third kappa shape index (κ3) is 3.26. The highest BCUT2D eigenvalue weighted by atomic mass is 32.2. The van der Waals surface area contributed by atoms with E-state index in [-0.39, 0.29) is 25.9 Å². The fraction of sp³-hybridized carbons (Fsp3) is 0.250. The Morgan fingerprint density at radius 3 is 2.52 bits per heavy atom. The molecule has 0 saturated carbocycles. The summed E-state index contributed by atoms with van der Waals surface area (Å²) in [5.74, 6) is -2.87. The minimum Gasteiger partial charge on any atom is -0.373 e. The van der Waals surface area contributed by atoms with E-state index in [1.165, 1.54) is 24.3 Å². The molecule has 1 aromatic carbocycles. The van der Waals surface area contributed by atoms with Gasteiger partial charge < -0.3 is 10.4 Å². The molecule has 11 heteroatoms. The molecular formula is C16H12F3NO5S2. The maximum Gasteiger partial charge on any atom is 0.426 e. The Hall–Kier alpha value is -2.24. The van der Waals surface area contributed by atoms with Gasteiger partial charge in [-0.1, -0.05) is 12.1 Å². The van der Waals surface area contributed by atoms with Gasteiger partial charge in [0.15, 0.2) is 9.84 Å². The average Bonchev–Trinajstić information content (AvgIpc) is 2.91. The summed E-state index contributed by atoms with van der Waals surface area (Å²) in [5, 5.41) is 11.1. The highest BCUT2D eigenvalue weighted by Gasteiger charge is 2.55. The van der Waals surface area contributed by atoms with Crippen molar-refractivity contribution in [2.45, 2.75) is 29.3 Å². The lowest BCUT2D eigenvalue weighted by molar-refractivity contribution is -0.242. The number of hydrogen-bond donors (Lipinski definition) is 2. The molecule has 1 aliphatic rings. The molecular weight excluding hydrogens is 407 g/mol. The number of hydrogen-bond acceptors (Lipinski definition) is 6. The standard InChI is InChI=1S/C16H12F3NO5S2/c1-15(23,16(17,18)19)14(22)20-11-6-8-7-27(24,25)10-5-3-2-4-9(10)12(21)13(8)26-11/h2-6,23H,7H2,1H3,(H,20,22)/t15-/m1/s1. The summed E-state index contributed by atoms with van der Waals surface area (Å²) in [5.41, 5.74) is -3.61. The van der Waals surface area contributed by atoms with Crippen molar-refractivity contribution in [2.75, 3.05) is 5.32 Å². The summed E-state index contributed by atoms with van der Waals surface area (Å²) in [4.78, 5) is 24.3. The van der Waals surface area contributed by atoms with Gasteiger partial charge in [-0.2, -0.15) is 13.2 Å². The van der Waals surface area contributed by atoms with E-state index >= 15 is 0 Å². The number of benzene rings is 1. The first-order valence-corrected chi connectivity index (χ1v) is 9.91. The first-order chi connectivity index (χ1) is 12.3. The molecule has 1 atom stereocenters. The molecule has 1 amide bonds. The van der Waals surface area contributed by atoms with Crippen LogP contribution in [0.5, 0.6) is 0 Å². The van der Waals surface area contributed by atoms with E-state index in [4.69, 9.17) is 0 Å². The van der Waals surface area contributed by atoms with Gasteiger partial charge in [0.2, 0.25) is 11.4 Å². The molecule has 2 aromatic rings. The predicted molar refractivity (Wildman–Crippen MR) is 90.4 cm³/mol. The number of alkyl halides is 3. The van der Waals surface area contributed by atoms with Crippen LogP contribution in [-0.4, -0.2) is 37.0 Å². The van der Waals surface area contributed by atoms with E-state index < -0.39 is 39.1 Å². The second-order valence-corrected chi connectivity index (χ2v) is 9.08. The van der Waals surface area contributed by atoms with Gasteiger partial charge in [-0.3, -0.25) is 9.59 Å². The summed E-state index contributed by atoms with van der Waals surface area (Å²) in [7, 11) is -3.85. The lowest BCUT2D eigenvalue weighted by Crippen LogP contribution is -2.52. The van der Waals surface area contributed by atoms with Crippen LogP contribution in [0.3, 0.4) is 0 Å². The molecule has 144 valence electrons. The molecule has 0 fully saturated rings. The Morgan fingerprint density at radius 2 is 1.89 bits per heavy atom. The number of anilines is 1. The number of rotatable bonds is 2. The Labute approximate surface area is 155 Å². The number of carbonyl (C=O) groups excluding carboxylic acids is 2. The van der Waals surface area contributed by atoms with E-state index in [1.807, 2.05) is 5.32 Å². The van der Waals surface area contributed by atoms with E-state index in [0.29, 0.717) is 18.3 Å². The molecule has 2 N–H and O–H groups in total. The molecule has 0 bridgehead atoms. The minimum absolute atomic E-state index is 0.00507. The van der Waals surface area contributed by atoms with Crippen LogP contribution in [0.15, 0.2) is 35.2 Å². The van der Waals surface area contributed by atoms with Crippen LogP contribution in [0.2, 0.25) is 0 Å². The number of thiophene rings is 1. The smallest absolute Gasteiger partial charge is 0.373 e. The summed E-state index contributed by atoms with van der Waals surface area (Å²) < 4.78 is 63.3. The summed E-state index contributed by atoms with van der Waals surface area (Å²) >= 11 is 0.652. The summed E-state index contributed by atoms with van der Waals surface area (Å²) in [6.45, 7) is 0.298. The molecule has 6 nitrogen and oxygen atoms in total. The molecule has 1 aliphatic heterocycles. The fourth-order valence-corrected chi connectivity index (χ4v) is 5.18. The van der Waals surface area contributed by atoms with E-state index in [9.17, 15) is 36.3 Å². The quantitative estimate of drug-likeness (QED) is 0.779. The predicted octanol–water partition coefficient (Wildman–Crippen LogP) is 2.52. The van der Waals surface area contributed by atoms with Crippen LogP contribution in [0, 0.1) is 0 Å². The monoisotopic (exact) mass is 419 g/mol. The van der Waals surface area contributed by atoms with Crippen molar-refractivity contribution in [3.8, 4) is 0 Å². The summed E-state index contributed by atoms with van der Waals surface area (Å²) in [6.07, 6.45) is -5.20. The maximum absolute atomic E-state index is 12.8. The van der Waals surface area contributed by atoms with Gasteiger partial charge in [-0.05, 0) is 30.7 Å². The van der Waals surface area contributed by atoms with Crippen molar-refractivity contribution in [1.82, 2.24) is 0 Å². The van der Waals surface area contributed by atoms with Crippen molar-refractivity contribution < 1.29 is 36.3 Å². The molecule has 0 radical (unpaired) electrons. The molecule has 1 aromatic heterocycles. The van der Waals surface area contributed by atoms with Crippen LogP contribution in [0.4, 0.5) is 18.2 Å². The topological polar surface area (TPSA) is 101 Å². The van der Waals surface area contributed by atoms with Crippen molar-refractivity contribution in [3.05, 3.63) is 46.3 Å². The van der Waals surface area contributed by atoms with Gasteiger partial charge in [0.1, 0.15) is 0 Å². The average molecular weight is 419 g/mol. The first-order valence-electron chi connectivity index (χ1n) is 7.44. The van der Waals surface area contributed by atoms with Crippen LogP contribution in [0.25, 0.3) is 0 Å². The number of sulfone groups is 1. The van der Waals surface area contributed by atoms with Gasteiger partial charge in [0.05, 0.1) is 20.5 Å². The van der Waals surface area contributed by atoms with Gasteiger partial charge in [0, 0.05) is 5.56 Å². The Kier molecular flexibility index (Phi) is 4.44. The van der Waals surface area contributed by atoms with Gasteiger partial charge in [-0.25, -0.2) is 8.42 Å². The van der Waals surface area contributed by atoms with E-state index in [1.54, 1.807) is 0 Å². The van der Waals surface area contributed by atoms with Gasteiger partial charge in [-0.15, -0.1) is 11.3 Å². The second kappa shape index (κ2) is 6.14. The van der Waals surface area contributed by atoms with Crippen LogP contribution < -0.4 is 5.32 Å². The largest absolute Gasteiger partial charge is 0.426 e. The zero-order valence-corrected chi connectivity index (χ0v) is 15.3. The molecule has 2 heterocycles. The van der Waals surface area contributed by atoms with Crippen LogP contribution >= 0.6 is 11.3 Å². The van der Waals surface area contributed by atoms with Crippen molar-refractivity contribution in [2.24, 2.45) is 0 Å². The summed E-state index contributed by atoms with van der Waals surface area (Å²) in [6, 6.07) is 6.76. The molecule has 0 saturated heterocycles. The van der Waals surface area contributed by atoms with Crippen molar-refractivity contribution in [3.63, 3.8) is 0 Å². The van der Waals surface area contributed by atoms with Gasteiger partial charge in [0.25, 0.3) is 5.91 Å². The van der Waals surface area contributed by atoms with Crippen molar-refractivity contribution >= 4 is 37.9 Å². The number of fused-ring (bicyclic) bond motifs is 2. The fourth-order valence-electron chi connectivity index (χ4n) is 2.48. The number of aliphatic hydroxyl groups is 1. The number of amides is 1. The Balaban J connectivity index is 2.01. The third-order valence-corrected chi connectivity index (χ3v) is 6.87. The van der Waals surface area contributed by atoms with Gasteiger partial charge >= 0.3 is 6.18 Å². The SMILES string of the molecule is C[C@@](O)(C(=O)Nc1cc2c(s1)C(=O)c1ccccc1S(=O)(=O)C2)C(F)(F)F. The van der Waals surface area contributed by atoms with Crippen molar-refractivity contribution in [1.29, 1.82) is 0 Å². The number of nitrogens with one attached hydrogen (secondary N) is 1. The lowest BCUT2D eigenvalue weighted by Gasteiger charge is -2.24. The number of halogens is 3. The minimum atomic E-state index is -5.20. The highest BCUT2D eigenvalue weighted by molar-refractivity contribution is 7.90. The zero-order valence-electron chi connectivity index (χ0n) is 13.6. The normalized spacial score (nSPS) is 18.0. The van der Waals surface area contributed by atoms with E-state index in [0.717, 1.165) is 6.07 Å². The molecule has 0 spiro atoms. The third-order valence-electron chi connectivity index (χ3n) is 4.06.